The Morgan fingerprint density at radius 1 is 1.29 bits per heavy atom. The lowest BCUT2D eigenvalue weighted by Crippen LogP contribution is -2.20. The van der Waals surface area contributed by atoms with E-state index in [9.17, 15) is 20.0 Å². The van der Waals surface area contributed by atoms with Gasteiger partial charge in [0.2, 0.25) is 0 Å². The van der Waals surface area contributed by atoms with E-state index in [-0.39, 0.29) is 28.1 Å². The molecule has 0 fully saturated rings. The lowest BCUT2D eigenvalue weighted by Gasteiger charge is -2.14. The summed E-state index contributed by atoms with van der Waals surface area (Å²) >= 11 is 6.40. The molecule has 0 saturated heterocycles. The summed E-state index contributed by atoms with van der Waals surface area (Å²) in [7, 11) is 0. The zero-order valence-electron chi connectivity index (χ0n) is 16.1. The Hall–Kier alpha value is -3.89. The van der Waals surface area contributed by atoms with Gasteiger partial charge >= 0.3 is 5.97 Å². The Morgan fingerprint density at radius 2 is 2.00 bits per heavy atom. The molecule has 2 N–H and O–H groups in total. The Balaban J connectivity index is 2.09. The molecule has 0 spiro atoms. The number of nitrogens with one attached hydrogen (secondary N) is 1. The summed E-state index contributed by atoms with van der Waals surface area (Å²) < 4.78 is 20.4. The fraction of sp³-hybridized carbons (Fsp3) is 0.0870. The first-order chi connectivity index (χ1) is 14.9. The maximum atomic E-state index is 15.7. The van der Waals surface area contributed by atoms with Gasteiger partial charge in [-0.25, -0.2) is 9.18 Å². The van der Waals surface area contributed by atoms with Crippen LogP contribution in [0.15, 0.2) is 47.3 Å². The number of esters is 1. The van der Waals surface area contributed by atoms with Crippen molar-refractivity contribution in [2.75, 3.05) is 6.61 Å². The van der Waals surface area contributed by atoms with Crippen LogP contribution in [0, 0.1) is 17.1 Å². The highest BCUT2D eigenvalue weighted by Crippen LogP contribution is 2.41. The zero-order chi connectivity index (χ0) is 22.3. The summed E-state index contributed by atoms with van der Waals surface area (Å²) in [5.41, 5.74) is -1.30. The number of rotatable bonds is 3. The number of halogens is 2. The monoisotopic (exact) mass is 436 g/mol. The summed E-state index contributed by atoms with van der Waals surface area (Å²) in [6.07, 6.45) is 0. The number of aromatic hydroxyl groups is 1. The predicted octanol–water partition coefficient (Wildman–Crippen LogP) is 4.89. The highest BCUT2D eigenvalue weighted by Gasteiger charge is 2.25. The summed E-state index contributed by atoms with van der Waals surface area (Å²) in [5.74, 6) is -2.65. The number of H-pyrrole nitrogens is 1. The van der Waals surface area contributed by atoms with Crippen molar-refractivity contribution in [3.8, 4) is 22.9 Å². The van der Waals surface area contributed by atoms with Gasteiger partial charge in [0.1, 0.15) is 5.75 Å². The first kappa shape index (κ1) is 20.4. The van der Waals surface area contributed by atoms with Gasteiger partial charge in [0.05, 0.1) is 28.8 Å². The maximum absolute atomic E-state index is 15.7. The van der Waals surface area contributed by atoms with E-state index in [1.807, 2.05) is 0 Å². The number of ether oxygens (including phenoxy) is 1. The van der Waals surface area contributed by atoms with Crippen LogP contribution in [-0.2, 0) is 4.74 Å². The average Bonchev–Trinajstić information content (AvgIpc) is 2.74. The zero-order valence-corrected chi connectivity index (χ0v) is 16.9. The van der Waals surface area contributed by atoms with Crippen LogP contribution in [0.2, 0.25) is 5.02 Å². The van der Waals surface area contributed by atoms with Gasteiger partial charge in [0, 0.05) is 16.3 Å². The molecule has 4 rings (SSSR count). The number of pyridine rings is 1. The molecule has 0 aliphatic carbocycles. The Kier molecular flexibility index (Phi) is 5.09. The fourth-order valence-electron chi connectivity index (χ4n) is 3.63. The van der Waals surface area contributed by atoms with E-state index in [0.717, 1.165) is 0 Å². The minimum Gasteiger partial charge on any atom is -0.506 e. The van der Waals surface area contributed by atoms with E-state index in [2.05, 4.69) is 11.1 Å². The number of nitrogens with zero attached hydrogens (tertiary/aromatic N) is 1. The second kappa shape index (κ2) is 7.74. The van der Waals surface area contributed by atoms with Gasteiger partial charge < -0.3 is 14.8 Å². The maximum Gasteiger partial charge on any atom is 0.347 e. The molecule has 31 heavy (non-hydrogen) atoms. The SMILES string of the molecule is CCOC(=O)c1c(O)c2cc(Cl)c(-c3cccc4cccc(C#N)c34)c(F)c2[nH]c1=O. The van der Waals surface area contributed by atoms with Crippen molar-refractivity contribution >= 4 is 39.2 Å². The molecular formula is C23H14ClFN2O4. The van der Waals surface area contributed by atoms with Crippen LogP contribution in [0.4, 0.5) is 4.39 Å². The van der Waals surface area contributed by atoms with E-state index in [4.69, 9.17) is 16.3 Å². The molecule has 4 aromatic rings. The first-order valence-corrected chi connectivity index (χ1v) is 9.63. The van der Waals surface area contributed by atoms with Crippen LogP contribution >= 0.6 is 11.6 Å². The molecule has 0 saturated carbocycles. The highest BCUT2D eigenvalue weighted by atomic mass is 35.5. The molecule has 0 amide bonds. The quantitative estimate of drug-likeness (QED) is 0.445. The van der Waals surface area contributed by atoms with Gasteiger partial charge in [-0.05, 0) is 30.0 Å². The van der Waals surface area contributed by atoms with Crippen molar-refractivity contribution in [3.63, 3.8) is 0 Å². The van der Waals surface area contributed by atoms with Crippen LogP contribution in [0.3, 0.4) is 0 Å². The third kappa shape index (κ3) is 3.18. The van der Waals surface area contributed by atoms with E-state index in [0.29, 0.717) is 21.9 Å². The van der Waals surface area contributed by atoms with Crippen LogP contribution in [-0.4, -0.2) is 22.7 Å². The summed E-state index contributed by atoms with van der Waals surface area (Å²) in [6.45, 7) is 1.54. The molecule has 0 atom stereocenters. The number of aromatic amines is 1. The number of hydrogen-bond acceptors (Lipinski definition) is 5. The second-order valence-electron chi connectivity index (χ2n) is 6.69. The molecule has 3 aromatic carbocycles. The van der Waals surface area contributed by atoms with E-state index >= 15 is 4.39 Å². The summed E-state index contributed by atoms with van der Waals surface area (Å²) in [5, 5.41) is 21.0. The number of aromatic nitrogens is 1. The van der Waals surface area contributed by atoms with Crippen LogP contribution in [0.25, 0.3) is 32.8 Å². The Bertz CT molecular complexity index is 1480. The highest BCUT2D eigenvalue weighted by molar-refractivity contribution is 6.35. The lowest BCUT2D eigenvalue weighted by atomic mass is 9.93. The van der Waals surface area contributed by atoms with Gasteiger partial charge in [-0.1, -0.05) is 41.9 Å². The molecular weight excluding hydrogens is 423 g/mol. The number of benzene rings is 3. The van der Waals surface area contributed by atoms with Gasteiger partial charge in [-0.2, -0.15) is 5.26 Å². The number of carbonyl (C=O) groups is 1. The van der Waals surface area contributed by atoms with E-state index in [1.54, 1.807) is 43.3 Å². The van der Waals surface area contributed by atoms with Crippen LogP contribution < -0.4 is 5.56 Å². The number of nitriles is 1. The minimum atomic E-state index is -1.03. The van der Waals surface area contributed by atoms with Gasteiger partial charge in [0.25, 0.3) is 5.56 Å². The third-order valence-electron chi connectivity index (χ3n) is 4.95. The molecule has 0 bridgehead atoms. The van der Waals surface area contributed by atoms with Crippen molar-refractivity contribution < 1.29 is 19.0 Å². The van der Waals surface area contributed by atoms with Gasteiger partial charge in [-0.3, -0.25) is 4.79 Å². The molecule has 1 heterocycles. The Labute approximate surface area is 180 Å². The molecule has 0 aliphatic rings. The largest absolute Gasteiger partial charge is 0.506 e. The predicted molar refractivity (Wildman–Crippen MR) is 115 cm³/mol. The second-order valence-corrected chi connectivity index (χ2v) is 7.10. The topological polar surface area (TPSA) is 103 Å². The number of fused-ring (bicyclic) bond motifs is 2. The lowest BCUT2D eigenvalue weighted by molar-refractivity contribution is 0.0521. The summed E-state index contributed by atoms with van der Waals surface area (Å²) in [6, 6.07) is 13.6. The molecule has 0 aliphatic heterocycles. The van der Waals surface area contributed by atoms with Crippen molar-refractivity contribution in [1.82, 2.24) is 4.98 Å². The van der Waals surface area contributed by atoms with Crippen molar-refractivity contribution in [3.05, 3.63) is 74.8 Å². The Morgan fingerprint density at radius 3 is 2.68 bits per heavy atom. The first-order valence-electron chi connectivity index (χ1n) is 9.25. The minimum absolute atomic E-state index is 0.00782. The third-order valence-corrected chi connectivity index (χ3v) is 5.25. The molecule has 154 valence electrons. The van der Waals surface area contributed by atoms with Gasteiger partial charge in [0.15, 0.2) is 11.4 Å². The van der Waals surface area contributed by atoms with E-state index < -0.39 is 28.7 Å². The van der Waals surface area contributed by atoms with Crippen molar-refractivity contribution in [2.24, 2.45) is 0 Å². The smallest absolute Gasteiger partial charge is 0.347 e. The number of hydrogen-bond donors (Lipinski definition) is 2. The van der Waals surface area contributed by atoms with Crippen molar-refractivity contribution in [2.45, 2.75) is 6.92 Å². The summed E-state index contributed by atoms with van der Waals surface area (Å²) in [4.78, 5) is 26.8. The molecule has 8 heteroatoms. The molecule has 0 unspecified atom stereocenters. The normalized spacial score (nSPS) is 10.9. The van der Waals surface area contributed by atoms with Gasteiger partial charge in [-0.15, -0.1) is 0 Å². The molecule has 0 radical (unpaired) electrons. The van der Waals surface area contributed by atoms with Crippen molar-refractivity contribution in [1.29, 1.82) is 5.26 Å². The fourth-order valence-corrected chi connectivity index (χ4v) is 3.92. The van der Waals surface area contributed by atoms with E-state index in [1.165, 1.54) is 6.07 Å². The van der Waals surface area contributed by atoms with Crippen LogP contribution in [0.5, 0.6) is 5.75 Å². The standard InChI is InChI=1S/C23H14ClFN2O4/c1-2-31-23(30)18-21(28)14-9-15(24)17(19(25)20(14)27-22(18)29)13-8-4-6-11-5-3-7-12(10-26)16(11)13/h3-9H,2H2,1H3,(H2,27,28,29). The molecule has 1 aromatic heterocycles. The number of carbonyl (C=O) groups excluding carboxylic acids is 1. The molecule has 6 nitrogen and oxygen atoms in total. The average molecular weight is 437 g/mol. The van der Waals surface area contributed by atoms with Crippen LogP contribution in [0.1, 0.15) is 22.8 Å².